The number of rotatable bonds is 8. The van der Waals surface area contributed by atoms with Crippen molar-refractivity contribution in [3.63, 3.8) is 0 Å². The zero-order chi connectivity index (χ0) is 38.9. The maximum Gasteiger partial charge on any atom is 0.335 e. The van der Waals surface area contributed by atoms with Gasteiger partial charge in [0.25, 0.3) is 11.8 Å². The molecule has 3 N–H and O–H groups in total. The molecule has 0 bridgehead atoms. The van der Waals surface area contributed by atoms with Gasteiger partial charge < -0.3 is 15.4 Å². The molecular formula is C41H40N10O6. The normalized spacial score (nSPS) is 21.2. The largest absolute Gasteiger partial charge is 0.457 e. The minimum Gasteiger partial charge on any atom is -0.457 e. The molecule has 3 aromatic carbocycles. The second-order valence-electron chi connectivity index (χ2n) is 15.4. The summed E-state index contributed by atoms with van der Waals surface area (Å²) in [5.74, 6) is -0.378. The van der Waals surface area contributed by atoms with Crippen LogP contribution in [-0.2, 0) is 9.59 Å². The van der Waals surface area contributed by atoms with Crippen molar-refractivity contribution in [2.75, 3.05) is 49.9 Å². The zero-order valence-corrected chi connectivity index (χ0v) is 31.0. The Labute approximate surface area is 326 Å². The minimum atomic E-state index is -0.980. The molecule has 5 aliphatic rings. The van der Waals surface area contributed by atoms with Crippen molar-refractivity contribution >= 4 is 46.3 Å². The van der Waals surface area contributed by atoms with E-state index in [0.717, 1.165) is 68.4 Å². The molecule has 290 valence electrons. The summed E-state index contributed by atoms with van der Waals surface area (Å²) in [6.07, 6.45) is 3.24. The summed E-state index contributed by atoms with van der Waals surface area (Å²) >= 11 is 0. The first-order valence-corrected chi connectivity index (χ1v) is 19.4. The van der Waals surface area contributed by atoms with Crippen LogP contribution in [0.5, 0.6) is 11.5 Å². The molecule has 0 spiro atoms. The molecule has 57 heavy (non-hydrogen) atoms. The number of imide groups is 2. The van der Waals surface area contributed by atoms with Crippen LogP contribution >= 0.6 is 0 Å². The second kappa shape index (κ2) is 13.7. The van der Waals surface area contributed by atoms with Crippen LogP contribution in [0, 0.1) is 0 Å². The topological polar surface area (TPSA) is 181 Å². The van der Waals surface area contributed by atoms with Gasteiger partial charge in [-0.3, -0.25) is 48.3 Å². The lowest BCUT2D eigenvalue weighted by atomic mass is 9.95. The first-order valence-electron chi connectivity index (χ1n) is 19.4. The monoisotopic (exact) mass is 768 g/mol. The Kier molecular flexibility index (Phi) is 8.41. The molecule has 1 unspecified atom stereocenters. The van der Waals surface area contributed by atoms with E-state index in [2.05, 4.69) is 30.0 Å². The number of carbonyl (C=O) groups is 4. The van der Waals surface area contributed by atoms with E-state index in [1.807, 2.05) is 60.7 Å². The molecule has 0 aliphatic carbocycles. The summed E-state index contributed by atoms with van der Waals surface area (Å²) in [5, 5.41) is 2.24. The number of benzene rings is 3. The number of ether oxygens (including phenoxy) is 1. The lowest BCUT2D eigenvalue weighted by Gasteiger charge is -2.55. The summed E-state index contributed by atoms with van der Waals surface area (Å²) in [6.45, 7) is 5.29. The van der Waals surface area contributed by atoms with Crippen molar-refractivity contribution in [2.24, 2.45) is 0 Å². The van der Waals surface area contributed by atoms with Crippen LogP contribution in [0.25, 0.3) is 16.9 Å². The number of piperidine rings is 2. The number of carbonyl (C=O) groups excluding carboxylic acids is 4. The lowest BCUT2D eigenvalue weighted by molar-refractivity contribution is -0.136. The number of nitrogen functional groups attached to an aromatic ring is 1. The third-order valence-electron chi connectivity index (χ3n) is 12.2. The Balaban J connectivity index is 0.753. The van der Waals surface area contributed by atoms with Gasteiger partial charge in [-0.1, -0.05) is 18.2 Å². The number of fused-ring (bicyclic) bond motifs is 2. The number of nitrogens with zero attached hydrogens (tertiary/aromatic N) is 8. The molecule has 16 nitrogen and oxygen atoms in total. The number of hydrogen-bond donors (Lipinski definition) is 2. The highest BCUT2D eigenvalue weighted by Crippen LogP contribution is 2.35. The Bertz CT molecular complexity index is 2500. The Morgan fingerprint density at radius 2 is 1.39 bits per heavy atom. The van der Waals surface area contributed by atoms with Crippen LogP contribution in [0.1, 0.15) is 52.4 Å². The summed E-state index contributed by atoms with van der Waals surface area (Å²) in [6, 6.07) is 22.0. The van der Waals surface area contributed by atoms with Crippen LogP contribution in [0.4, 0.5) is 11.5 Å². The maximum atomic E-state index is 14.2. The van der Waals surface area contributed by atoms with Gasteiger partial charge in [0, 0.05) is 69.5 Å². The third kappa shape index (κ3) is 5.94. The zero-order valence-electron chi connectivity index (χ0n) is 31.0. The fourth-order valence-electron chi connectivity index (χ4n) is 9.00. The average Bonchev–Trinajstić information content (AvgIpc) is 3.62. The Hall–Kier alpha value is -6.39. The first-order chi connectivity index (χ1) is 27.7. The average molecular weight is 769 g/mol. The van der Waals surface area contributed by atoms with Gasteiger partial charge in [0.1, 0.15) is 29.4 Å². The van der Waals surface area contributed by atoms with E-state index in [9.17, 15) is 24.0 Å². The molecule has 0 saturated carbocycles. The summed E-state index contributed by atoms with van der Waals surface area (Å²) < 4.78 is 9.36. The molecule has 2 aromatic heterocycles. The number of para-hydroxylation sites is 1. The highest BCUT2D eigenvalue weighted by atomic mass is 16.5. The molecule has 1 atom stereocenters. The van der Waals surface area contributed by atoms with Crippen molar-refractivity contribution in [1.29, 1.82) is 0 Å². The Morgan fingerprint density at radius 1 is 0.702 bits per heavy atom. The van der Waals surface area contributed by atoms with Crippen molar-refractivity contribution in [2.45, 2.75) is 49.9 Å². The molecule has 0 radical (unpaired) electrons. The van der Waals surface area contributed by atoms with E-state index in [-0.39, 0.29) is 36.0 Å². The SMILES string of the molecule is Nc1ncnc2c1n(-c1ccc(Oc3ccccc3)cc1)c(=O)n2C1CCN(C2CN(C3CN(c4ccc5c(c4)C(=O)N(C4CCC(=O)NC4=O)C5=O)C3)C2)CC1. The number of nitrogens with one attached hydrogen (secondary N) is 1. The van der Waals surface area contributed by atoms with Crippen LogP contribution in [0.2, 0.25) is 0 Å². The highest BCUT2D eigenvalue weighted by Gasteiger charge is 2.46. The van der Waals surface area contributed by atoms with Gasteiger partial charge in [0.2, 0.25) is 11.8 Å². The molecule has 4 fully saturated rings. The lowest BCUT2D eigenvalue weighted by Crippen LogP contribution is -2.70. The van der Waals surface area contributed by atoms with E-state index < -0.39 is 29.7 Å². The highest BCUT2D eigenvalue weighted by molar-refractivity contribution is 6.23. The first kappa shape index (κ1) is 35.1. The molecule has 7 heterocycles. The number of likely N-dealkylation sites (tertiary alicyclic amines) is 2. The fraction of sp³-hybridized carbons (Fsp3) is 0.341. The maximum absolute atomic E-state index is 14.2. The van der Waals surface area contributed by atoms with Crippen molar-refractivity contribution < 1.29 is 23.9 Å². The van der Waals surface area contributed by atoms with Gasteiger partial charge in [-0.05, 0) is 73.9 Å². The standard InChI is InChI=1S/C41H40N10O6/c42-36-35-37(44-23-43-36)50(41(56)49(35)24-6-9-30(10-7-24)57-29-4-2-1-3-5-29)25-14-16-46(17-15-25)27-19-48(20-27)28-21-47(22-28)26-8-11-31-32(18-26)40(55)51(39(31)54)33-12-13-34(52)45-38(33)53/h1-11,18,23,25,27-28,33H,12-17,19-22H2,(H2,42,43,44)(H,45,52,53). The van der Waals surface area contributed by atoms with Gasteiger partial charge in [-0.15, -0.1) is 0 Å². The predicted octanol–water partition coefficient (Wildman–Crippen LogP) is 2.57. The van der Waals surface area contributed by atoms with E-state index in [1.165, 1.54) is 6.33 Å². The fourth-order valence-corrected chi connectivity index (χ4v) is 9.00. The van der Waals surface area contributed by atoms with Crippen LogP contribution < -0.4 is 26.4 Å². The van der Waals surface area contributed by atoms with Crippen LogP contribution in [0.3, 0.4) is 0 Å². The van der Waals surface area contributed by atoms with Crippen LogP contribution in [0.15, 0.2) is 83.9 Å². The smallest absolute Gasteiger partial charge is 0.335 e. The summed E-state index contributed by atoms with van der Waals surface area (Å²) in [5.41, 5.74) is 9.32. The molecule has 4 saturated heterocycles. The van der Waals surface area contributed by atoms with Gasteiger partial charge in [0.15, 0.2) is 11.5 Å². The van der Waals surface area contributed by atoms with Gasteiger partial charge >= 0.3 is 5.69 Å². The third-order valence-corrected chi connectivity index (χ3v) is 12.2. The number of hydrogen-bond acceptors (Lipinski definition) is 12. The molecule has 5 aromatic rings. The van der Waals surface area contributed by atoms with Gasteiger partial charge in [0.05, 0.1) is 16.8 Å². The number of imidazole rings is 1. The molecule has 5 aliphatic heterocycles. The summed E-state index contributed by atoms with van der Waals surface area (Å²) in [4.78, 5) is 81.6. The quantitative estimate of drug-likeness (QED) is 0.221. The van der Waals surface area contributed by atoms with Gasteiger partial charge in [-0.25, -0.2) is 14.8 Å². The van der Waals surface area contributed by atoms with Crippen molar-refractivity contribution in [3.8, 4) is 17.2 Å². The van der Waals surface area contributed by atoms with E-state index in [4.69, 9.17) is 10.5 Å². The molecular weight excluding hydrogens is 729 g/mol. The molecule has 16 heteroatoms. The van der Waals surface area contributed by atoms with E-state index >= 15 is 0 Å². The number of anilines is 2. The van der Waals surface area contributed by atoms with E-state index in [1.54, 1.807) is 21.3 Å². The number of aromatic nitrogens is 4. The number of amides is 4. The second-order valence-corrected chi connectivity index (χ2v) is 15.4. The molecule has 4 amide bonds. The van der Waals surface area contributed by atoms with Gasteiger partial charge in [-0.2, -0.15) is 0 Å². The molecule has 10 rings (SSSR count). The van der Waals surface area contributed by atoms with Crippen molar-refractivity contribution in [1.82, 2.24) is 39.1 Å². The van der Waals surface area contributed by atoms with Crippen molar-refractivity contribution in [3.05, 3.63) is 101 Å². The minimum absolute atomic E-state index is 0.0329. The summed E-state index contributed by atoms with van der Waals surface area (Å²) in [7, 11) is 0. The van der Waals surface area contributed by atoms with Crippen LogP contribution in [-0.4, -0.2) is 115 Å². The Morgan fingerprint density at radius 3 is 2.12 bits per heavy atom. The number of nitrogens with two attached hydrogens (primary N) is 1. The van der Waals surface area contributed by atoms with E-state index in [0.29, 0.717) is 40.2 Å². The predicted molar refractivity (Wildman–Crippen MR) is 208 cm³/mol.